The van der Waals surface area contributed by atoms with Crippen molar-refractivity contribution in [1.29, 1.82) is 0 Å². The van der Waals surface area contributed by atoms with Gasteiger partial charge in [-0.3, -0.25) is 0 Å². The lowest BCUT2D eigenvalue weighted by Crippen LogP contribution is -2.52. The van der Waals surface area contributed by atoms with Crippen LogP contribution in [0.1, 0.15) is 19.8 Å². The molecule has 1 unspecified atom stereocenters. The van der Waals surface area contributed by atoms with E-state index in [0.717, 1.165) is 32.6 Å². The topological polar surface area (TPSA) is 47.3 Å². The van der Waals surface area contributed by atoms with Crippen LogP contribution in [0.2, 0.25) is 0 Å². The van der Waals surface area contributed by atoms with Crippen LogP contribution in [-0.4, -0.2) is 31.8 Å². The molecular formula is C10H20N2O. The molecule has 0 aromatic heterocycles. The average Bonchev–Trinajstić information content (AvgIpc) is 2.62. The first kappa shape index (κ1) is 10.7. The summed E-state index contributed by atoms with van der Waals surface area (Å²) >= 11 is 0. The molecule has 0 aromatic carbocycles. The van der Waals surface area contributed by atoms with Gasteiger partial charge in [0, 0.05) is 13.2 Å². The van der Waals surface area contributed by atoms with Crippen LogP contribution < -0.4 is 11.1 Å². The summed E-state index contributed by atoms with van der Waals surface area (Å²) in [6.07, 6.45) is 6.34. The molecule has 3 heteroatoms. The van der Waals surface area contributed by atoms with Crippen LogP contribution in [0, 0.1) is 0 Å². The second-order valence-corrected chi connectivity index (χ2v) is 3.57. The van der Waals surface area contributed by atoms with E-state index in [0.29, 0.717) is 6.54 Å². The summed E-state index contributed by atoms with van der Waals surface area (Å²) < 4.78 is 5.35. The van der Waals surface area contributed by atoms with Gasteiger partial charge < -0.3 is 15.8 Å². The maximum absolute atomic E-state index is 5.72. The molecule has 1 aliphatic heterocycles. The Balaban J connectivity index is 2.23. The molecule has 0 aliphatic carbocycles. The van der Waals surface area contributed by atoms with Gasteiger partial charge in [0.1, 0.15) is 0 Å². The van der Waals surface area contributed by atoms with Gasteiger partial charge in [-0.1, -0.05) is 12.2 Å². The van der Waals surface area contributed by atoms with Crippen LogP contribution in [-0.2, 0) is 4.74 Å². The Morgan fingerprint density at radius 2 is 2.46 bits per heavy atom. The van der Waals surface area contributed by atoms with Gasteiger partial charge in [0.15, 0.2) is 0 Å². The lowest BCUT2D eigenvalue weighted by atomic mass is 9.99. The van der Waals surface area contributed by atoms with Crippen molar-refractivity contribution in [2.45, 2.75) is 25.3 Å². The zero-order chi connectivity index (χ0) is 9.57. The largest absolute Gasteiger partial charge is 0.379 e. The first-order valence-corrected chi connectivity index (χ1v) is 4.97. The highest BCUT2D eigenvalue weighted by Crippen LogP contribution is 2.16. The van der Waals surface area contributed by atoms with Gasteiger partial charge in [0.2, 0.25) is 0 Å². The van der Waals surface area contributed by atoms with E-state index >= 15 is 0 Å². The lowest BCUT2D eigenvalue weighted by molar-refractivity contribution is 0.169. The summed E-state index contributed by atoms with van der Waals surface area (Å²) in [5.41, 5.74) is 5.78. The molecule has 1 aliphatic rings. The minimum absolute atomic E-state index is 0.0571. The first-order chi connectivity index (χ1) is 6.33. The summed E-state index contributed by atoms with van der Waals surface area (Å²) in [5.74, 6) is 0. The molecule has 1 rings (SSSR count). The van der Waals surface area contributed by atoms with Crippen LogP contribution in [0.15, 0.2) is 12.2 Å². The molecule has 3 N–H and O–H groups in total. The molecule has 0 aromatic rings. The van der Waals surface area contributed by atoms with E-state index < -0.39 is 0 Å². The van der Waals surface area contributed by atoms with Gasteiger partial charge in [-0.2, -0.15) is 0 Å². The summed E-state index contributed by atoms with van der Waals surface area (Å²) in [6.45, 7) is 5.30. The maximum Gasteiger partial charge on any atom is 0.0661 e. The molecule has 1 heterocycles. The Morgan fingerprint density at radius 3 is 3.00 bits per heavy atom. The van der Waals surface area contributed by atoms with E-state index in [1.165, 1.54) is 0 Å². The highest BCUT2D eigenvalue weighted by atomic mass is 16.5. The Hall–Kier alpha value is -0.380. The Bertz CT molecular complexity index is 162. The molecule has 1 saturated heterocycles. The third-order valence-corrected chi connectivity index (χ3v) is 2.54. The minimum Gasteiger partial charge on any atom is -0.379 e. The van der Waals surface area contributed by atoms with Crippen LogP contribution in [0.3, 0.4) is 0 Å². The van der Waals surface area contributed by atoms with Crippen LogP contribution in [0.25, 0.3) is 0 Å². The second kappa shape index (κ2) is 5.37. The van der Waals surface area contributed by atoms with Crippen LogP contribution in [0.4, 0.5) is 0 Å². The van der Waals surface area contributed by atoms with Crippen molar-refractivity contribution in [1.82, 2.24) is 5.32 Å². The van der Waals surface area contributed by atoms with Crippen molar-refractivity contribution in [3.05, 3.63) is 12.2 Å². The minimum atomic E-state index is 0.0571. The summed E-state index contributed by atoms with van der Waals surface area (Å²) in [6, 6.07) is 0. The molecular weight excluding hydrogens is 164 g/mol. The zero-order valence-corrected chi connectivity index (χ0v) is 8.38. The Labute approximate surface area is 80.3 Å². The normalized spacial score (nSPS) is 28.8. The number of ether oxygens (including phenoxy) is 1. The molecule has 0 amide bonds. The standard InChI is InChI=1S/C10H20N2O/c1-2-3-4-6-12-10(8-11)5-7-13-9-10/h2-3,12H,4-9,11H2,1H3/b3-2+. The van der Waals surface area contributed by atoms with Crippen molar-refractivity contribution in [3.63, 3.8) is 0 Å². The summed E-state index contributed by atoms with van der Waals surface area (Å²) in [5, 5.41) is 3.48. The maximum atomic E-state index is 5.72. The van der Waals surface area contributed by atoms with E-state index in [1.54, 1.807) is 0 Å². The zero-order valence-electron chi connectivity index (χ0n) is 8.38. The molecule has 1 atom stereocenters. The molecule has 0 radical (unpaired) electrons. The number of nitrogens with one attached hydrogen (secondary N) is 1. The number of rotatable bonds is 5. The monoisotopic (exact) mass is 184 g/mol. The van der Waals surface area contributed by atoms with E-state index in [4.69, 9.17) is 10.5 Å². The predicted molar refractivity (Wildman–Crippen MR) is 54.7 cm³/mol. The Kier molecular flexibility index (Phi) is 4.42. The fourth-order valence-electron chi connectivity index (χ4n) is 1.57. The molecule has 0 spiro atoms. The number of hydrogen-bond acceptors (Lipinski definition) is 3. The van der Waals surface area contributed by atoms with Gasteiger partial charge in [0.25, 0.3) is 0 Å². The molecule has 0 bridgehead atoms. The highest BCUT2D eigenvalue weighted by molar-refractivity contribution is 4.93. The average molecular weight is 184 g/mol. The van der Waals surface area contributed by atoms with Crippen molar-refractivity contribution in [2.75, 3.05) is 26.3 Å². The van der Waals surface area contributed by atoms with Gasteiger partial charge in [0.05, 0.1) is 12.1 Å². The third kappa shape index (κ3) is 3.10. The molecule has 1 fully saturated rings. The fourth-order valence-corrected chi connectivity index (χ4v) is 1.57. The third-order valence-electron chi connectivity index (χ3n) is 2.54. The van der Waals surface area contributed by atoms with Crippen molar-refractivity contribution < 1.29 is 4.74 Å². The Morgan fingerprint density at radius 1 is 1.62 bits per heavy atom. The van der Waals surface area contributed by atoms with Crippen molar-refractivity contribution in [3.8, 4) is 0 Å². The summed E-state index contributed by atoms with van der Waals surface area (Å²) in [4.78, 5) is 0. The molecule has 0 saturated carbocycles. The van der Waals surface area contributed by atoms with Gasteiger partial charge >= 0.3 is 0 Å². The molecule has 13 heavy (non-hydrogen) atoms. The van der Waals surface area contributed by atoms with Crippen LogP contribution >= 0.6 is 0 Å². The van der Waals surface area contributed by atoms with E-state index in [-0.39, 0.29) is 5.54 Å². The number of allylic oxidation sites excluding steroid dienone is 1. The number of nitrogens with two attached hydrogens (primary N) is 1. The van der Waals surface area contributed by atoms with E-state index in [2.05, 4.69) is 17.5 Å². The lowest BCUT2D eigenvalue weighted by Gasteiger charge is -2.26. The van der Waals surface area contributed by atoms with Gasteiger partial charge in [-0.15, -0.1) is 0 Å². The second-order valence-electron chi connectivity index (χ2n) is 3.57. The highest BCUT2D eigenvalue weighted by Gasteiger charge is 2.32. The molecule has 3 nitrogen and oxygen atoms in total. The van der Waals surface area contributed by atoms with Crippen LogP contribution in [0.5, 0.6) is 0 Å². The predicted octanol–water partition coefficient (Wildman–Crippen LogP) is 0.660. The smallest absolute Gasteiger partial charge is 0.0661 e. The SMILES string of the molecule is C/C=C/CCNC1(CN)CCOC1. The number of hydrogen-bond donors (Lipinski definition) is 2. The van der Waals surface area contributed by atoms with Gasteiger partial charge in [-0.05, 0) is 26.3 Å². The van der Waals surface area contributed by atoms with Crippen molar-refractivity contribution in [2.24, 2.45) is 5.73 Å². The van der Waals surface area contributed by atoms with E-state index in [1.807, 2.05) is 6.92 Å². The van der Waals surface area contributed by atoms with Gasteiger partial charge in [-0.25, -0.2) is 0 Å². The molecule has 76 valence electrons. The van der Waals surface area contributed by atoms with Crippen molar-refractivity contribution >= 4 is 0 Å². The summed E-state index contributed by atoms with van der Waals surface area (Å²) in [7, 11) is 0. The fraction of sp³-hybridized carbons (Fsp3) is 0.800. The first-order valence-electron chi connectivity index (χ1n) is 4.97. The van der Waals surface area contributed by atoms with E-state index in [9.17, 15) is 0 Å². The quantitative estimate of drug-likeness (QED) is 0.487.